The van der Waals surface area contributed by atoms with Gasteiger partial charge in [0, 0.05) is 19.3 Å². The van der Waals surface area contributed by atoms with E-state index in [9.17, 15) is 10.2 Å². The minimum atomic E-state index is -0.746. The number of anilines is 2. The van der Waals surface area contributed by atoms with Gasteiger partial charge in [0.25, 0.3) is 0 Å². The van der Waals surface area contributed by atoms with Crippen LogP contribution in [0, 0.1) is 0 Å². The van der Waals surface area contributed by atoms with Crippen LogP contribution < -0.4 is 10.6 Å². The second-order valence-corrected chi connectivity index (χ2v) is 3.65. The lowest BCUT2D eigenvalue weighted by atomic mass is 10.1. The molecular weight excluding hydrogens is 196 g/mol. The highest BCUT2D eigenvalue weighted by molar-refractivity contribution is 5.38. The minimum absolute atomic E-state index is 0.338. The number of nitrogens with two attached hydrogens (primary N) is 1. The van der Waals surface area contributed by atoms with Gasteiger partial charge in [0.1, 0.15) is 5.82 Å². The number of β-amino-alcohol motifs (C(OH)–C–C–N with tert-alkyl or cyclic N) is 1. The van der Waals surface area contributed by atoms with Crippen LogP contribution in [0.25, 0.3) is 0 Å². The molecule has 2 rings (SSSR count). The summed E-state index contributed by atoms with van der Waals surface area (Å²) in [4.78, 5) is 9.93. The Kier molecular flexibility index (Phi) is 2.70. The van der Waals surface area contributed by atoms with Gasteiger partial charge in [-0.15, -0.1) is 0 Å². The Morgan fingerprint density at radius 1 is 1.40 bits per heavy atom. The third-order valence-corrected chi connectivity index (χ3v) is 2.49. The number of piperidine rings is 1. The van der Waals surface area contributed by atoms with Gasteiger partial charge in [0.2, 0.25) is 5.95 Å². The van der Waals surface area contributed by atoms with E-state index < -0.39 is 12.2 Å². The van der Waals surface area contributed by atoms with Crippen LogP contribution in [-0.4, -0.2) is 45.5 Å². The van der Waals surface area contributed by atoms with Crippen LogP contribution in [0.1, 0.15) is 6.42 Å². The van der Waals surface area contributed by atoms with E-state index in [4.69, 9.17) is 5.73 Å². The molecule has 1 aliphatic rings. The van der Waals surface area contributed by atoms with Crippen molar-refractivity contribution in [3.63, 3.8) is 0 Å². The third-order valence-electron chi connectivity index (χ3n) is 2.49. The van der Waals surface area contributed by atoms with Gasteiger partial charge in [-0.05, 0) is 12.5 Å². The van der Waals surface area contributed by atoms with Crippen molar-refractivity contribution in [1.82, 2.24) is 9.97 Å². The standard InChI is InChI=1S/C9H14N4O2/c10-8-1-3-11-9(12-8)13-4-2-6(14)7(15)5-13/h1,3,6-7,14-15H,2,4-5H2,(H2,10,11,12). The smallest absolute Gasteiger partial charge is 0.227 e. The van der Waals surface area contributed by atoms with E-state index in [2.05, 4.69) is 9.97 Å². The van der Waals surface area contributed by atoms with Gasteiger partial charge in [0.15, 0.2) is 0 Å². The van der Waals surface area contributed by atoms with E-state index in [0.717, 1.165) is 0 Å². The molecule has 1 aromatic heterocycles. The first-order valence-corrected chi connectivity index (χ1v) is 4.86. The fourth-order valence-electron chi connectivity index (χ4n) is 1.62. The van der Waals surface area contributed by atoms with Gasteiger partial charge in [-0.3, -0.25) is 0 Å². The molecule has 0 bridgehead atoms. The Bertz CT molecular complexity index is 347. The fraction of sp³-hybridized carbons (Fsp3) is 0.556. The molecule has 1 aromatic rings. The van der Waals surface area contributed by atoms with Gasteiger partial charge in [-0.1, -0.05) is 0 Å². The van der Waals surface area contributed by atoms with Gasteiger partial charge >= 0.3 is 0 Å². The van der Waals surface area contributed by atoms with Gasteiger partial charge < -0.3 is 20.8 Å². The summed E-state index contributed by atoms with van der Waals surface area (Å²) in [5.41, 5.74) is 5.54. The Labute approximate surface area is 87.4 Å². The molecule has 82 valence electrons. The molecule has 1 saturated heterocycles. The average molecular weight is 210 g/mol. The van der Waals surface area contributed by atoms with Crippen molar-refractivity contribution < 1.29 is 10.2 Å². The molecular formula is C9H14N4O2. The Hall–Kier alpha value is -1.40. The second kappa shape index (κ2) is 4.00. The molecule has 0 spiro atoms. The zero-order valence-electron chi connectivity index (χ0n) is 8.24. The molecule has 15 heavy (non-hydrogen) atoms. The Morgan fingerprint density at radius 3 is 2.87 bits per heavy atom. The van der Waals surface area contributed by atoms with E-state index in [-0.39, 0.29) is 0 Å². The van der Waals surface area contributed by atoms with Crippen LogP contribution in [0.2, 0.25) is 0 Å². The highest BCUT2D eigenvalue weighted by atomic mass is 16.3. The summed E-state index contributed by atoms with van der Waals surface area (Å²) in [6.07, 6.45) is 0.695. The number of hydrogen-bond donors (Lipinski definition) is 3. The van der Waals surface area contributed by atoms with Crippen LogP contribution in [0.4, 0.5) is 11.8 Å². The molecule has 0 amide bonds. The van der Waals surface area contributed by atoms with Gasteiger partial charge in [0.05, 0.1) is 12.2 Å². The van der Waals surface area contributed by atoms with E-state index in [1.54, 1.807) is 12.3 Å². The van der Waals surface area contributed by atoms with E-state index >= 15 is 0 Å². The molecule has 0 aromatic carbocycles. The van der Waals surface area contributed by atoms with Crippen LogP contribution >= 0.6 is 0 Å². The SMILES string of the molecule is Nc1ccnc(N2CCC(O)C(O)C2)n1. The van der Waals surface area contributed by atoms with Crippen LogP contribution in [-0.2, 0) is 0 Å². The molecule has 0 aliphatic carbocycles. The number of aromatic nitrogens is 2. The molecule has 6 nitrogen and oxygen atoms in total. The number of nitrogen functional groups attached to an aromatic ring is 1. The quantitative estimate of drug-likeness (QED) is 0.549. The zero-order valence-corrected chi connectivity index (χ0v) is 8.24. The summed E-state index contributed by atoms with van der Waals surface area (Å²) in [6.45, 7) is 0.965. The predicted molar refractivity (Wildman–Crippen MR) is 55.3 cm³/mol. The summed E-state index contributed by atoms with van der Waals surface area (Å²) < 4.78 is 0. The van der Waals surface area contributed by atoms with E-state index in [1.165, 1.54) is 0 Å². The lowest BCUT2D eigenvalue weighted by Crippen LogP contribution is -2.47. The van der Waals surface area contributed by atoms with Crippen LogP contribution in [0.5, 0.6) is 0 Å². The predicted octanol–water partition coefficient (Wildman–Crippen LogP) is -1.01. The average Bonchev–Trinajstić information content (AvgIpc) is 2.22. The first-order valence-electron chi connectivity index (χ1n) is 4.86. The van der Waals surface area contributed by atoms with Crippen molar-refractivity contribution in [2.45, 2.75) is 18.6 Å². The monoisotopic (exact) mass is 210 g/mol. The highest BCUT2D eigenvalue weighted by Gasteiger charge is 2.27. The molecule has 0 radical (unpaired) electrons. The number of aliphatic hydroxyl groups excluding tert-OH is 2. The molecule has 2 heterocycles. The summed E-state index contributed by atoms with van der Waals surface area (Å²) >= 11 is 0. The van der Waals surface area contributed by atoms with Crippen molar-refractivity contribution >= 4 is 11.8 Å². The van der Waals surface area contributed by atoms with Gasteiger partial charge in [-0.2, -0.15) is 4.98 Å². The summed E-state index contributed by atoms with van der Waals surface area (Å²) in [5.74, 6) is 0.904. The van der Waals surface area contributed by atoms with Crippen molar-refractivity contribution in [2.75, 3.05) is 23.7 Å². The molecule has 4 N–H and O–H groups in total. The van der Waals surface area contributed by atoms with Gasteiger partial charge in [-0.25, -0.2) is 4.98 Å². The highest BCUT2D eigenvalue weighted by Crippen LogP contribution is 2.16. The van der Waals surface area contributed by atoms with Crippen molar-refractivity contribution in [1.29, 1.82) is 0 Å². The lowest BCUT2D eigenvalue weighted by Gasteiger charge is -2.33. The van der Waals surface area contributed by atoms with Crippen molar-refractivity contribution in [3.05, 3.63) is 12.3 Å². The molecule has 6 heteroatoms. The molecule has 1 fully saturated rings. The zero-order chi connectivity index (χ0) is 10.8. The largest absolute Gasteiger partial charge is 0.390 e. The van der Waals surface area contributed by atoms with Crippen molar-refractivity contribution in [2.24, 2.45) is 0 Å². The number of nitrogens with zero attached hydrogens (tertiary/aromatic N) is 3. The molecule has 2 atom stereocenters. The lowest BCUT2D eigenvalue weighted by molar-refractivity contribution is 0.00769. The topological polar surface area (TPSA) is 95.5 Å². The van der Waals surface area contributed by atoms with Crippen LogP contribution in [0.15, 0.2) is 12.3 Å². The maximum absolute atomic E-state index is 9.50. The first kappa shape index (κ1) is 10.1. The van der Waals surface area contributed by atoms with E-state index in [1.807, 2.05) is 4.90 Å². The number of aliphatic hydroxyl groups is 2. The molecule has 2 unspecified atom stereocenters. The Morgan fingerprint density at radius 2 is 2.20 bits per heavy atom. The summed E-state index contributed by atoms with van der Waals surface area (Å²) in [7, 11) is 0. The number of rotatable bonds is 1. The summed E-state index contributed by atoms with van der Waals surface area (Å²) in [5, 5.41) is 18.9. The third kappa shape index (κ3) is 2.16. The second-order valence-electron chi connectivity index (χ2n) is 3.65. The normalized spacial score (nSPS) is 26.7. The van der Waals surface area contributed by atoms with E-state index in [0.29, 0.717) is 31.3 Å². The fourth-order valence-corrected chi connectivity index (χ4v) is 1.62. The van der Waals surface area contributed by atoms with Crippen LogP contribution in [0.3, 0.4) is 0 Å². The van der Waals surface area contributed by atoms with Crippen molar-refractivity contribution in [3.8, 4) is 0 Å². The maximum atomic E-state index is 9.50. The molecule has 0 saturated carbocycles. The maximum Gasteiger partial charge on any atom is 0.227 e. The first-order chi connectivity index (χ1) is 7.16. The molecule has 1 aliphatic heterocycles. The summed E-state index contributed by atoms with van der Waals surface area (Å²) in [6, 6.07) is 1.61. The Balaban J connectivity index is 2.12. The number of hydrogen-bond acceptors (Lipinski definition) is 6. The minimum Gasteiger partial charge on any atom is -0.390 e.